The molecule has 0 aromatic heterocycles. The second-order valence-electron chi connectivity index (χ2n) is 5.61. The zero-order chi connectivity index (χ0) is 15.8. The van der Waals surface area contributed by atoms with Crippen LogP contribution in [0.2, 0.25) is 0 Å². The number of nitrogens with one attached hydrogen (secondary N) is 2. The van der Waals surface area contributed by atoms with Crippen molar-refractivity contribution in [1.29, 1.82) is 0 Å². The van der Waals surface area contributed by atoms with Gasteiger partial charge in [0, 0.05) is 19.6 Å². The molecule has 0 saturated carbocycles. The Bertz CT molecular complexity index is 490. The molecule has 1 fully saturated rings. The van der Waals surface area contributed by atoms with Gasteiger partial charge in [0.2, 0.25) is 5.91 Å². The fraction of sp³-hybridized carbons (Fsp3) is 0.529. The van der Waals surface area contributed by atoms with E-state index < -0.39 is 0 Å². The quantitative estimate of drug-likeness (QED) is 0.721. The van der Waals surface area contributed by atoms with E-state index in [9.17, 15) is 9.59 Å². The van der Waals surface area contributed by atoms with E-state index in [-0.39, 0.29) is 18.0 Å². The summed E-state index contributed by atoms with van der Waals surface area (Å²) in [6.07, 6.45) is 3.44. The second kappa shape index (κ2) is 8.41. The first-order chi connectivity index (χ1) is 10.7. The molecule has 120 valence electrons. The Morgan fingerprint density at radius 3 is 2.77 bits per heavy atom. The summed E-state index contributed by atoms with van der Waals surface area (Å²) in [7, 11) is 0. The van der Waals surface area contributed by atoms with Gasteiger partial charge in [0.05, 0.1) is 0 Å². The summed E-state index contributed by atoms with van der Waals surface area (Å²) in [5, 5.41) is 5.73. The van der Waals surface area contributed by atoms with Crippen molar-refractivity contribution in [3.63, 3.8) is 0 Å². The minimum absolute atomic E-state index is 0.0403. The summed E-state index contributed by atoms with van der Waals surface area (Å²) in [4.78, 5) is 26.0. The zero-order valence-corrected chi connectivity index (χ0v) is 13.2. The molecule has 1 aromatic carbocycles. The molecular weight excluding hydrogens is 278 g/mol. The van der Waals surface area contributed by atoms with Gasteiger partial charge in [-0.2, -0.15) is 0 Å². The van der Waals surface area contributed by atoms with E-state index in [0.29, 0.717) is 26.1 Å². The van der Waals surface area contributed by atoms with E-state index in [2.05, 4.69) is 29.7 Å². The van der Waals surface area contributed by atoms with Crippen molar-refractivity contribution in [1.82, 2.24) is 15.5 Å². The fourth-order valence-corrected chi connectivity index (χ4v) is 2.67. The molecule has 3 amide bonds. The van der Waals surface area contributed by atoms with Crippen LogP contribution < -0.4 is 10.6 Å². The number of hydrogen-bond acceptors (Lipinski definition) is 2. The summed E-state index contributed by atoms with van der Waals surface area (Å²) in [6, 6.07) is 9.55. The van der Waals surface area contributed by atoms with Gasteiger partial charge in [-0.1, -0.05) is 43.7 Å². The number of benzene rings is 1. The number of aryl methyl sites for hydroxylation is 1. The highest BCUT2D eigenvalue weighted by Crippen LogP contribution is 2.13. The zero-order valence-electron chi connectivity index (χ0n) is 13.2. The molecule has 1 heterocycles. The number of urea groups is 1. The first-order valence-electron chi connectivity index (χ1n) is 8.08. The number of carbonyl (C=O) groups is 2. The number of hydrogen-bond donors (Lipinski definition) is 2. The lowest BCUT2D eigenvalue weighted by Crippen LogP contribution is -2.48. The fourth-order valence-electron chi connectivity index (χ4n) is 2.67. The van der Waals surface area contributed by atoms with Crippen LogP contribution >= 0.6 is 0 Å². The first kappa shape index (κ1) is 16.3. The predicted molar refractivity (Wildman–Crippen MR) is 86.6 cm³/mol. The smallest absolute Gasteiger partial charge is 0.318 e. The van der Waals surface area contributed by atoms with Crippen LogP contribution in [-0.2, 0) is 11.2 Å². The van der Waals surface area contributed by atoms with Crippen LogP contribution in [0.3, 0.4) is 0 Å². The maximum Gasteiger partial charge on any atom is 0.318 e. The van der Waals surface area contributed by atoms with Crippen LogP contribution in [-0.4, -0.2) is 42.5 Å². The van der Waals surface area contributed by atoms with Crippen molar-refractivity contribution in [2.45, 2.75) is 38.6 Å². The van der Waals surface area contributed by atoms with E-state index in [0.717, 1.165) is 19.3 Å². The van der Waals surface area contributed by atoms with Crippen LogP contribution in [0.5, 0.6) is 0 Å². The number of unbranched alkanes of at least 4 members (excludes halogenated alkanes) is 1. The van der Waals surface area contributed by atoms with Crippen LogP contribution in [0.15, 0.2) is 30.3 Å². The van der Waals surface area contributed by atoms with Crippen LogP contribution in [0.25, 0.3) is 0 Å². The summed E-state index contributed by atoms with van der Waals surface area (Å²) >= 11 is 0. The van der Waals surface area contributed by atoms with Gasteiger partial charge in [-0.3, -0.25) is 4.79 Å². The highest BCUT2D eigenvalue weighted by molar-refractivity contribution is 5.87. The van der Waals surface area contributed by atoms with Gasteiger partial charge in [0.15, 0.2) is 0 Å². The van der Waals surface area contributed by atoms with E-state index in [1.165, 1.54) is 5.56 Å². The van der Waals surface area contributed by atoms with Gasteiger partial charge in [-0.15, -0.1) is 0 Å². The van der Waals surface area contributed by atoms with Crippen molar-refractivity contribution in [2.24, 2.45) is 0 Å². The molecule has 2 rings (SSSR count). The van der Waals surface area contributed by atoms with Gasteiger partial charge in [-0.05, 0) is 24.8 Å². The van der Waals surface area contributed by atoms with Crippen molar-refractivity contribution < 1.29 is 9.59 Å². The summed E-state index contributed by atoms with van der Waals surface area (Å²) in [5.74, 6) is -0.0403. The highest BCUT2D eigenvalue weighted by Gasteiger charge is 2.32. The minimum atomic E-state index is -0.389. The first-order valence-corrected chi connectivity index (χ1v) is 8.08. The average Bonchev–Trinajstić information content (AvgIpc) is 2.95. The lowest BCUT2D eigenvalue weighted by molar-refractivity contribution is -0.125. The Hall–Kier alpha value is -2.04. The highest BCUT2D eigenvalue weighted by atomic mass is 16.2. The molecule has 5 heteroatoms. The number of rotatable bonds is 8. The molecule has 0 aliphatic carbocycles. The molecule has 2 N–H and O–H groups in total. The number of carbonyl (C=O) groups excluding carboxylic acids is 2. The SMILES string of the molecule is CCCCNC(=O)C(CCc1ccccc1)N1CCNC1=O. The summed E-state index contributed by atoms with van der Waals surface area (Å²) in [6.45, 7) is 3.97. The predicted octanol–water partition coefficient (Wildman–Crippen LogP) is 1.93. The lowest BCUT2D eigenvalue weighted by atomic mass is 10.0. The Kier molecular flexibility index (Phi) is 6.25. The molecule has 1 saturated heterocycles. The Labute approximate surface area is 132 Å². The molecule has 0 bridgehead atoms. The molecule has 0 spiro atoms. The molecular formula is C17H25N3O2. The summed E-state index contributed by atoms with van der Waals surface area (Å²) in [5.41, 5.74) is 1.19. The molecule has 0 radical (unpaired) electrons. The Morgan fingerprint density at radius 1 is 1.36 bits per heavy atom. The van der Waals surface area contributed by atoms with Crippen molar-refractivity contribution in [2.75, 3.05) is 19.6 Å². The molecule has 1 atom stereocenters. The lowest BCUT2D eigenvalue weighted by Gasteiger charge is -2.26. The van der Waals surface area contributed by atoms with E-state index >= 15 is 0 Å². The molecule has 1 unspecified atom stereocenters. The number of amides is 3. The Morgan fingerprint density at radius 2 is 2.14 bits per heavy atom. The van der Waals surface area contributed by atoms with E-state index in [1.807, 2.05) is 18.2 Å². The normalized spacial score (nSPS) is 15.5. The topological polar surface area (TPSA) is 61.4 Å². The second-order valence-corrected chi connectivity index (χ2v) is 5.61. The third kappa shape index (κ3) is 4.48. The van der Waals surface area contributed by atoms with Crippen LogP contribution in [0.4, 0.5) is 4.79 Å². The molecule has 1 aromatic rings. The molecule has 22 heavy (non-hydrogen) atoms. The van der Waals surface area contributed by atoms with Gasteiger partial charge < -0.3 is 15.5 Å². The van der Waals surface area contributed by atoms with E-state index in [1.54, 1.807) is 4.90 Å². The van der Waals surface area contributed by atoms with Crippen molar-refractivity contribution in [3.05, 3.63) is 35.9 Å². The molecule has 1 aliphatic rings. The van der Waals surface area contributed by atoms with Gasteiger partial charge in [0.25, 0.3) is 0 Å². The molecule has 1 aliphatic heterocycles. The number of nitrogens with zero attached hydrogens (tertiary/aromatic N) is 1. The third-order valence-corrected chi connectivity index (χ3v) is 3.95. The van der Waals surface area contributed by atoms with Crippen molar-refractivity contribution >= 4 is 11.9 Å². The minimum Gasteiger partial charge on any atom is -0.354 e. The standard InChI is InChI=1S/C17H25N3O2/c1-2-3-11-18-16(21)15(20-13-12-19-17(20)22)10-9-14-7-5-4-6-8-14/h4-8,15H,2-3,9-13H2,1H3,(H,18,21)(H,19,22). The van der Waals surface area contributed by atoms with Crippen LogP contribution in [0.1, 0.15) is 31.7 Å². The van der Waals surface area contributed by atoms with Gasteiger partial charge >= 0.3 is 6.03 Å². The molecule has 5 nitrogen and oxygen atoms in total. The largest absolute Gasteiger partial charge is 0.354 e. The van der Waals surface area contributed by atoms with E-state index in [4.69, 9.17) is 0 Å². The van der Waals surface area contributed by atoms with Crippen molar-refractivity contribution in [3.8, 4) is 0 Å². The summed E-state index contributed by atoms with van der Waals surface area (Å²) < 4.78 is 0. The van der Waals surface area contributed by atoms with Gasteiger partial charge in [-0.25, -0.2) is 4.79 Å². The van der Waals surface area contributed by atoms with Crippen LogP contribution in [0, 0.1) is 0 Å². The maximum atomic E-state index is 12.4. The Balaban J connectivity index is 1.97. The third-order valence-electron chi connectivity index (χ3n) is 3.95. The monoisotopic (exact) mass is 303 g/mol. The average molecular weight is 303 g/mol. The van der Waals surface area contributed by atoms with Gasteiger partial charge in [0.1, 0.15) is 6.04 Å². The maximum absolute atomic E-state index is 12.4.